The molecule has 2 rings (SSSR count). The third-order valence-electron chi connectivity index (χ3n) is 3.32. The second kappa shape index (κ2) is 7.25. The van der Waals surface area contributed by atoms with Gasteiger partial charge in [0.05, 0.1) is 26.8 Å². The molecule has 0 aromatic heterocycles. The molecule has 0 saturated heterocycles. The smallest absolute Gasteiger partial charge is 0.206 e. The second-order valence-corrected chi connectivity index (χ2v) is 8.96. The molecule has 0 spiro atoms. The minimum Gasteiger partial charge on any atom is -0.327 e. The summed E-state index contributed by atoms with van der Waals surface area (Å²) in [4.78, 5) is -0.286. The quantitative estimate of drug-likeness (QED) is 0.841. The lowest BCUT2D eigenvalue weighted by molar-refractivity contribution is 0.594. The van der Waals surface area contributed by atoms with Crippen molar-refractivity contribution in [2.75, 3.05) is 12.3 Å². The summed E-state index contributed by atoms with van der Waals surface area (Å²) in [5, 5.41) is 0. The van der Waals surface area contributed by atoms with Gasteiger partial charge in [0.2, 0.25) is 9.84 Å². The molecule has 2 aromatic rings. The highest BCUT2D eigenvalue weighted by Crippen LogP contribution is 2.24. The number of halogens is 1. The Morgan fingerprint density at radius 3 is 2.08 bits per heavy atom. The van der Waals surface area contributed by atoms with Crippen LogP contribution in [0.4, 0.5) is 4.39 Å². The number of benzene rings is 2. The number of hydrogen-bond donors (Lipinski definition) is 1. The molecule has 24 heavy (non-hydrogen) atoms. The van der Waals surface area contributed by atoms with Crippen LogP contribution in [-0.4, -0.2) is 29.1 Å². The molecule has 2 aromatic carbocycles. The minimum absolute atomic E-state index is 0.0610. The van der Waals surface area contributed by atoms with Crippen LogP contribution in [0.5, 0.6) is 0 Å². The highest BCUT2D eigenvalue weighted by molar-refractivity contribution is 7.92. The first kappa shape index (κ1) is 18.3. The number of hydrogen-bond acceptors (Lipinski definition) is 5. The standard InChI is InChI=1S/C16H16FNO4S2/c17-10-13(11-18)12-23(19,20)15-7-4-8-16(9-15)24(21,22)14-5-2-1-3-6-14/h1-10H,11-12,18H2/b13-10+. The Kier molecular flexibility index (Phi) is 5.53. The third kappa shape index (κ3) is 3.89. The molecule has 0 aliphatic rings. The molecule has 0 unspecified atom stereocenters. The summed E-state index contributed by atoms with van der Waals surface area (Å²) in [5.41, 5.74) is 5.18. The molecule has 0 aliphatic heterocycles. The van der Waals surface area contributed by atoms with E-state index in [1.165, 1.54) is 30.3 Å². The van der Waals surface area contributed by atoms with Crippen LogP contribution in [0.25, 0.3) is 0 Å². The molecule has 0 amide bonds. The van der Waals surface area contributed by atoms with Gasteiger partial charge in [0, 0.05) is 6.54 Å². The lowest BCUT2D eigenvalue weighted by Gasteiger charge is -2.09. The monoisotopic (exact) mass is 369 g/mol. The fourth-order valence-corrected chi connectivity index (χ4v) is 4.86. The van der Waals surface area contributed by atoms with Crippen molar-refractivity contribution < 1.29 is 21.2 Å². The highest BCUT2D eigenvalue weighted by atomic mass is 32.2. The molecule has 0 saturated carbocycles. The number of sulfone groups is 2. The molecule has 5 nitrogen and oxygen atoms in total. The van der Waals surface area contributed by atoms with Gasteiger partial charge in [0.1, 0.15) is 0 Å². The van der Waals surface area contributed by atoms with Crippen LogP contribution >= 0.6 is 0 Å². The SMILES string of the molecule is NC/C(=C\F)CS(=O)(=O)c1cccc(S(=O)(=O)c2ccccc2)c1. The van der Waals surface area contributed by atoms with Gasteiger partial charge in [0.15, 0.2) is 9.84 Å². The van der Waals surface area contributed by atoms with Crippen molar-refractivity contribution in [2.45, 2.75) is 14.7 Å². The summed E-state index contributed by atoms with van der Waals surface area (Å²) >= 11 is 0. The van der Waals surface area contributed by atoms with Crippen molar-refractivity contribution >= 4 is 19.7 Å². The molecule has 0 heterocycles. The summed E-state index contributed by atoms with van der Waals surface area (Å²) in [6.07, 6.45) is 0.155. The van der Waals surface area contributed by atoms with Crippen LogP contribution < -0.4 is 5.73 Å². The van der Waals surface area contributed by atoms with E-state index in [9.17, 15) is 21.2 Å². The van der Waals surface area contributed by atoms with Gasteiger partial charge in [-0.1, -0.05) is 24.3 Å². The average Bonchev–Trinajstić information content (AvgIpc) is 2.60. The van der Waals surface area contributed by atoms with E-state index in [-0.39, 0.29) is 33.1 Å². The highest BCUT2D eigenvalue weighted by Gasteiger charge is 2.22. The van der Waals surface area contributed by atoms with Gasteiger partial charge in [0.25, 0.3) is 0 Å². The zero-order valence-corrected chi connectivity index (χ0v) is 14.2. The fraction of sp³-hybridized carbons (Fsp3) is 0.125. The van der Waals surface area contributed by atoms with E-state index in [1.807, 2.05) is 0 Å². The van der Waals surface area contributed by atoms with Crippen molar-refractivity contribution in [3.8, 4) is 0 Å². The first-order valence-electron chi connectivity index (χ1n) is 6.92. The van der Waals surface area contributed by atoms with Gasteiger partial charge < -0.3 is 5.73 Å². The molecule has 0 fully saturated rings. The molecule has 2 N–H and O–H groups in total. The largest absolute Gasteiger partial charge is 0.327 e. The second-order valence-electron chi connectivity index (χ2n) is 5.02. The van der Waals surface area contributed by atoms with E-state index in [4.69, 9.17) is 5.73 Å². The molecule has 8 heteroatoms. The topological polar surface area (TPSA) is 94.3 Å². The van der Waals surface area contributed by atoms with E-state index in [0.717, 1.165) is 6.07 Å². The Balaban J connectivity index is 2.47. The van der Waals surface area contributed by atoms with E-state index >= 15 is 0 Å². The Hall–Kier alpha value is -2.03. The van der Waals surface area contributed by atoms with Crippen LogP contribution in [0, 0.1) is 0 Å². The molecule has 0 atom stereocenters. The van der Waals surface area contributed by atoms with Gasteiger partial charge >= 0.3 is 0 Å². The summed E-state index contributed by atoms with van der Waals surface area (Å²) < 4.78 is 62.4. The summed E-state index contributed by atoms with van der Waals surface area (Å²) in [6.45, 7) is -0.238. The number of rotatable bonds is 6. The summed E-state index contributed by atoms with van der Waals surface area (Å²) in [6, 6.07) is 12.7. The van der Waals surface area contributed by atoms with E-state index in [1.54, 1.807) is 18.2 Å². The maximum absolute atomic E-state index is 12.6. The van der Waals surface area contributed by atoms with E-state index in [2.05, 4.69) is 0 Å². The van der Waals surface area contributed by atoms with Crippen LogP contribution in [0.3, 0.4) is 0 Å². The molecular formula is C16H16FNO4S2. The van der Waals surface area contributed by atoms with E-state index < -0.39 is 25.4 Å². The first-order valence-corrected chi connectivity index (χ1v) is 10.1. The Morgan fingerprint density at radius 2 is 1.50 bits per heavy atom. The van der Waals surface area contributed by atoms with Crippen molar-refractivity contribution in [1.29, 1.82) is 0 Å². The summed E-state index contributed by atoms with van der Waals surface area (Å²) in [5.74, 6) is -0.602. The Bertz CT molecular complexity index is 953. The molecular weight excluding hydrogens is 353 g/mol. The zero-order chi connectivity index (χ0) is 17.8. The summed E-state index contributed by atoms with van der Waals surface area (Å²) in [7, 11) is -7.74. The molecule has 0 radical (unpaired) electrons. The lowest BCUT2D eigenvalue weighted by Crippen LogP contribution is -2.15. The fourth-order valence-electron chi connectivity index (χ4n) is 2.03. The normalized spacial score (nSPS) is 13.0. The molecule has 128 valence electrons. The van der Waals surface area contributed by atoms with Crippen molar-refractivity contribution in [3.05, 3.63) is 66.5 Å². The third-order valence-corrected chi connectivity index (χ3v) is 6.81. The maximum Gasteiger partial charge on any atom is 0.206 e. The van der Waals surface area contributed by atoms with Crippen LogP contribution in [-0.2, 0) is 19.7 Å². The van der Waals surface area contributed by atoms with Crippen LogP contribution in [0.1, 0.15) is 0 Å². The first-order chi connectivity index (χ1) is 11.3. The van der Waals surface area contributed by atoms with Crippen LogP contribution in [0.2, 0.25) is 0 Å². The van der Waals surface area contributed by atoms with Gasteiger partial charge in [-0.2, -0.15) is 0 Å². The Labute approximate surface area is 140 Å². The predicted molar refractivity (Wildman–Crippen MR) is 88.6 cm³/mol. The van der Waals surface area contributed by atoms with Crippen molar-refractivity contribution in [2.24, 2.45) is 5.73 Å². The lowest BCUT2D eigenvalue weighted by atomic mass is 10.3. The van der Waals surface area contributed by atoms with Crippen LogP contribution in [0.15, 0.2) is 81.2 Å². The Morgan fingerprint density at radius 1 is 0.917 bits per heavy atom. The average molecular weight is 369 g/mol. The zero-order valence-electron chi connectivity index (χ0n) is 12.6. The predicted octanol–water partition coefficient (Wildman–Crippen LogP) is 2.11. The number of nitrogens with two attached hydrogens (primary N) is 1. The maximum atomic E-state index is 12.6. The minimum atomic E-state index is -3.90. The van der Waals surface area contributed by atoms with E-state index in [0.29, 0.717) is 0 Å². The van der Waals surface area contributed by atoms with Gasteiger partial charge in [-0.05, 0) is 35.9 Å². The van der Waals surface area contributed by atoms with Crippen molar-refractivity contribution in [3.63, 3.8) is 0 Å². The van der Waals surface area contributed by atoms with Gasteiger partial charge in [-0.25, -0.2) is 21.2 Å². The van der Waals surface area contributed by atoms with Gasteiger partial charge in [-0.15, -0.1) is 0 Å². The van der Waals surface area contributed by atoms with Crippen molar-refractivity contribution in [1.82, 2.24) is 0 Å². The molecule has 0 aliphatic carbocycles. The molecule has 0 bridgehead atoms. The van der Waals surface area contributed by atoms with Gasteiger partial charge in [-0.3, -0.25) is 0 Å².